The van der Waals surface area contributed by atoms with Crippen LogP contribution in [0.2, 0.25) is 0 Å². The minimum atomic E-state index is -0.120. The zero-order chi connectivity index (χ0) is 9.68. The average Bonchev–Trinajstić information content (AvgIpc) is 2.06. The molecule has 1 rings (SSSR count). The van der Waals surface area contributed by atoms with Crippen molar-refractivity contribution < 1.29 is 9.53 Å². The van der Waals surface area contributed by atoms with E-state index >= 15 is 0 Å². The number of rotatable bonds is 5. The molecular formula is C11H21NaO2. The maximum absolute atomic E-state index is 10.7. The van der Waals surface area contributed by atoms with E-state index in [1.54, 1.807) is 0 Å². The van der Waals surface area contributed by atoms with E-state index < -0.39 is 0 Å². The molecule has 1 fully saturated rings. The second-order valence-electron chi connectivity index (χ2n) is 3.98. The van der Waals surface area contributed by atoms with Crippen LogP contribution in [-0.2, 0) is 9.53 Å². The Kier molecular flexibility index (Phi) is 7.98. The number of carbonyl (C=O) groups is 1. The summed E-state index contributed by atoms with van der Waals surface area (Å²) in [6, 6.07) is 0. The van der Waals surface area contributed by atoms with Crippen LogP contribution in [0, 0.1) is 5.92 Å². The summed E-state index contributed by atoms with van der Waals surface area (Å²) < 4.78 is 5.19. The minimum absolute atomic E-state index is 0. The van der Waals surface area contributed by atoms with Crippen molar-refractivity contribution in [1.29, 1.82) is 0 Å². The van der Waals surface area contributed by atoms with Gasteiger partial charge in [-0.1, -0.05) is 26.2 Å². The molecule has 0 amide bonds. The molecule has 0 spiro atoms. The van der Waals surface area contributed by atoms with E-state index in [-0.39, 0.29) is 41.6 Å². The van der Waals surface area contributed by atoms with Crippen LogP contribution in [0.15, 0.2) is 0 Å². The van der Waals surface area contributed by atoms with Crippen molar-refractivity contribution in [2.75, 3.05) is 0 Å². The van der Waals surface area contributed by atoms with Gasteiger partial charge in [0.2, 0.25) is 0 Å². The SMILES string of the molecule is CCCCCC1CCC1OC(C)=O.[NaH]. The molecule has 1 aliphatic rings. The first kappa shape index (κ1) is 14.5. The fourth-order valence-corrected chi connectivity index (χ4v) is 1.89. The van der Waals surface area contributed by atoms with Gasteiger partial charge in [0.1, 0.15) is 6.10 Å². The third-order valence-corrected chi connectivity index (χ3v) is 2.84. The second kappa shape index (κ2) is 7.72. The van der Waals surface area contributed by atoms with Gasteiger partial charge in [0.25, 0.3) is 0 Å². The van der Waals surface area contributed by atoms with Crippen molar-refractivity contribution in [3.05, 3.63) is 0 Å². The van der Waals surface area contributed by atoms with Gasteiger partial charge in [-0.15, -0.1) is 0 Å². The molecule has 14 heavy (non-hydrogen) atoms. The fraction of sp³-hybridized carbons (Fsp3) is 0.909. The van der Waals surface area contributed by atoms with Crippen LogP contribution >= 0.6 is 0 Å². The molecule has 1 saturated carbocycles. The quantitative estimate of drug-likeness (QED) is 0.393. The van der Waals surface area contributed by atoms with Gasteiger partial charge in [-0.05, 0) is 25.2 Å². The molecule has 2 atom stereocenters. The molecule has 2 unspecified atom stereocenters. The molecule has 78 valence electrons. The number of unbranched alkanes of at least 4 members (excludes halogenated alkanes) is 2. The summed E-state index contributed by atoms with van der Waals surface area (Å²) >= 11 is 0. The third kappa shape index (κ3) is 4.81. The molecule has 0 N–H and O–H groups in total. The molecule has 0 aromatic heterocycles. The Bertz CT molecular complexity index is 171. The van der Waals surface area contributed by atoms with Crippen LogP contribution in [0.3, 0.4) is 0 Å². The van der Waals surface area contributed by atoms with Crippen molar-refractivity contribution in [3.8, 4) is 0 Å². The first-order valence-electron chi connectivity index (χ1n) is 5.41. The van der Waals surface area contributed by atoms with E-state index in [1.807, 2.05) is 0 Å². The molecule has 0 aromatic rings. The third-order valence-electron chi connectivity index (χ3n) is 2.84. The first-order chi connectivity index (χ1) is 6.24. The van der Waals surface area contributed by atoms with E-state index in [1.165, 1.54) is 39.0 Å². The Morgan fingerprint density at radius 2 is 2.07 bits per heavy atom. The first-order valence-corrected chi connectivity index (χ1v) is 5.41. The second-order valence-corrected chi connectivity index (χ2v) is 3.98. The van der Waals surface area contributed by atoms with Gasteiger partial charge in [-0.3, -0.25) is 4.79 Å². The Morgan fingerprint density at radius 3 is 2.50 bits per heavy atom. The molecule has 0 bridgehead atoms. The van der Waals surface area contributed by atoms with Gasteiger partial charge in [0.15, 0.2) is 0 Å². The van der Waals surface area contributed by atoms with Crippen molar-refractivity contribution in [1.82, 2.24) is 0 Å². The summed E-state index contributed by atoms with van der Waals surface area (Å²) in [5, 5.41) is 0. The Labute approximate surface area is 109 Å². The number of hydrogen-bond donors (Lipinski definition) is 0. The summed E-state index contributed by atoms with van der Waals surface area (Å²) in [6.07, 6.45) is 7.69. The van der Waals surface area contributed by atoms with Gasteiger partial charge in [-0.2, -0.15) is 0 Å². The summed E-state index contributed by atoms with van der Waals surface area (Å²) in [7, 11) is 0. The molecule has 3 heteroatoms. The van der Waals surface area contributed by atoms with E-state index in [0.29, 0.717) is 5.92 Å². The standard InChI is InChI=1S/C11H20O2.Na.H/c1-3-4-5-6-10-7-8-11(10)13-9(2)12;;/h10-11H,3-8H2,1-2H3;;. The summed E-state index contributed by atoms with van der Waals surface area (Å²) in [5.41, 5.74) is 0. The van der Waals surface area contributed by atoms with Gasteiger partial charge < -0.3 is 4.74 Å². The van der Waals surface area contributed by atoms with Gasteiger partial charge in [-0.25, -0.2) is 0 Å². The zero-order valence-corrected chi connectivity index (χ0v) is 8.71. The van der Waals surface area contributed by atoms with E-state index in [9.17, 15) is 4.79 Å². The van der Waals surface area contributed by atoms with Crippen LogP contribution in [0.1, 0.15) is 52.4 Å². The molecule has 0 aromatic carbocycles. The molecular weight excluding hydrogens is 187 g/mol. The monoisotopic (exact) mass is 208 g/mol. The van der Waals surface area contributed by atoms with Crippen molar-refractivity contribution in [2.24, 2.45) is 5.92 Å². The molecule has 0 heterocycles. The molecule has 0 saturated heterocycles. The molecule has 0 radical (unpaired) electrons. The number of esters is 1. The topological polar surface area (TPSA) is 26.3 Å². The van der Waals surface area contributed by atoms with Crippen molar-refractivity contribution in [2.45, 2.75) is 58.5 Å². The Hall–Kier alpha value is 0.470. The fourth-order valence-electron chi connectivity index (χ4n) is 1.89. The van der Waals surface area contributed by atoms with E-state index in [0.717, 1.165) is 6.42 Å². The van der Waals surface area contributed by atoms with Crippen LogP contribution in [0.25, 0.3) is 0 Å². The van der Waals surface area contributed by atoms with Crippen LogP contribution < -0.4 is 0 Å². The number of carbonyl (C=O) groups excluding carboxylic acids is 1. The Morgan fingerprint density at radius 1 is 1.36 bits per heavy atom. The van der Waals surface area contributed by atoms with Gasteiger partial charge >= 0.3 is 35.5 Å². The summed E-state index contributed by atoms with van der Waals surface area (Å²) in [5.74, 6) is 0.542. The van der Waals surface area contributed by atoms with Crippen LogP contribution in [0.5, 0.6) is 0 Å². The molecule has 2 nitrogen and oxygen atoms in total. The predicted octanol–water partition coefficient (Wildman–Crippen LogP) is 2.26. The van der Waals surface area contributed by atoms with E-state index in [2.05, 4.69) is 6.92 Å². The van der Waals surface area contributed by atoms with E-state index in [4.69, 9.17) is 4.74 Å². The normalized spacial score (nSPS) is 24.7. The van der Waals surface area contributed by atoms with Crippen LogP contribution in [-0.4, -0.2) is 41.6 Å². The van der Waals surface area contributed by atoms with Crippen molar-refractivity contribution in [3.63, 3.8) is 0 Å². The number of hydrogen-bond acceptors (Lipinski definition) is 2. The van der Waals surface area contributed by atoms with Gasteiger partial charge in [0, 0.05) is 6.92 Å². The average molecular weight is 208 g/mol. The number of ether oxygens (including phenoxy) is 1. The Balaban J connectivity index is 0.00000169. The predicted molar refractivity (Wildman–Crippen MR) is 59.6 cm³/mol. The van der Waals surface area contributed by atoms with Crippen LogP contribution in [0.4, 0.5) is 0 Å². The molecule has 0 aliphatic heterocycles. The molecule has 1 aliphatic carbocycles. The van der Waals surface area contributed by atoms with Crippen molar-refractivity contribution >= 4 is 35.5 Å². The van der Waals surface area contributed by atoms with Gasteiger partial charge in [0.05, 0.1) is 0 Å². The summed E-state index contributed by atoms with van der Waals surface area (Å²) in [4.78, 5) is 10.7. The maximum atomic E-state index is 10.7. The zero-order valence-electron chi connectivity index (χ0n) is 8.71. The summed E-state index contributed by atoms with van der Waals surface area (Å²) in [6.45, 7) is 3.71.